The molecule has 0 bridgehead atoms. The van der Waals surface area contributed by atoms with Crippen molar-refractivity contribution in [3.05, 3.63) is 46.4 Å². The second-order valence-electron chi connectivity index (χ2n) is 4.00. The Morgan fingerprint density at radius 1 is 1.12 bits per heavy atom. The summed E-state index contributed by atoms with van der Waals surface area (Å²) >= 11 is 5.75. The van der Waals surface area contributed by atoms with Gasteiger partial charge < -0.3 is 4.74 Å². The summed E-state index contributed by atoms with van der Waals surface area (Å²) in [7, 11) is 0. The van der Waals surface area contributed by atoms with E-state index in [9.17, 15) is 0 Å². The standard InChI is InChI=1S/C13H13ClN2O/c1-8-4-5-11(9(2)6-8)17-12-10(3)7-15-13(14)16-12/h4-7H,1-3H3. The van der Waals surface area contributed by atoms with E-state index in [1.165, 1.54) is 5.56 Å². The predicted molar refractivity (Wildman–Crippen MR) is 67.8 cm³/mol. The van der Waals surface area contributed by atoms with Gasteiger partial charge in [-0.2, -0.15) is 4.98 Å². The van der Waals surface area contributed by atoms with Gasteiger partial charge in [0.05, 0.1) is 0 Å². The number of hydrogen-bond acceptors (Lipinski definition) is 3. The van der Waals surface area contributed by atoms with Crippen LogP contribution in [0.25, 0.3) is 0 Å². The second kappa shape index (κ2) is 4.72. The third-order valence-corrected chi connectivity index (χ3v) is 2.62. The molecule has 0 spiro atoms. The summed E-state index contributed by atoms with van der Waals surface area (Å²) in [6.45, 7) is 5.93. The van der Waals surface area contributed by atoms with E-state index in [1.54, 1.807) is 6.20 Å². The maximum atomic E-state index is 5.75. The van der Waals surface area contributed by atoms with Crippen molar-refractivity contribution in [1.82, 2.24) is 9.97 Å². The highest BCUT2D eigenvalue weighted by molar-refractivity contribution is 6.28. The lowest BCUT2D eigenvalue weighted by Crippen LogP contribution is -1.95. The predicted octanol–water partition coefficient (Wildman–Crippen LogP) is 3.85. The Labute approximate surface area is 105 Å². The van der Waals surface area contributed by atoms with Crippen molar-refractivity contribution in [2.45, 2.75) is 20.8 Å². The molecule has 0 radical (unpaired) electrons. The van der Waals surface area contributed by atoms with E-state index in [1.807, 2.05) is 32.9 Å². The first-order valence-corrected chi connectivity index (χ1v) is 5.68. The van der Waals surface area contributed by atoms with Crippen molar-refractivity contribution >= 4 is 11.6 Å². The van der Waals surface area contributed by atoms with Gasteiger partial charge in [-0.15, -0.1) is 0 Å². The van der Waals surface area contributed by atoms with Crippen LogP contribution in [0.15, 0.2) is 24.4 Å². The minimum absolute atomic E-state index is 0.190. The van der Waals surface area contributed by atoms with Crippen molar-refractivity contribution in [1.29, 1.82) is 0 Å². The van der Waals surface area contributed by atoms with Crippen LogP contribution in [0.1, 0.15) is 16.7 Å². The van der Waals surface area contributed by atoms with Crippen LogP contribution in [0, 0.1) is 20.8 Å². The van der Waals surface area contributed by atoms with E-state index in [0.29, 0.717) is 5.88 Å². The fourth-order valence-corrected chi connectivity index (χ4v) is 1.65. The molecule has 4 heteroatoms. The molecule has 1 aromatic carbocycles. The molecule has 17 heavy (non-hydrogen) atoms. The Bertz CT molecular complexity index is 555. The average molecular weight is 249 g/mol. The van der Waals surface area contributed by atoms with Crippen molar-refractivity contribution in [3.8, 4) is 11.6 Å². The Morgan fingerprint density at radius 3 is 2.59 bits per heavy atom. The molecular weight excluding hydrogens is 236 g/mol. The lowest BCUT2D eigenvalue weighted by atomic mass is 10.1. The number of hydrogen-bond donors (Lipinski definition) is 0. The lowest BCUT2D eigenvalue weighted by molar-refractivity contribution is 0.454. The molecule has 88 valence electrons. The number of rotatable bonds is 2. The average Bonchev–Trinajstić information content (AvgIpc) is 2.27. The van der Waals surface area contributed by atoms with Crippen LogP contribution in [0.5, 0.6) is 11.6 Å². The summed E-state index contributed by atoms with van der Waals surface area (Å²) in [5.41, 5.74) is 3.13. The SMILES string of the molecule is Cc1ccc(Oc2nc(Cl)ncc2C)c(C)c1. The van der Waals surface area contributed by atoms with Crippen molar-refractivity contribution in [2.24, 2.45) is 0 Å². The molecule has 1 heterocycles. The maximum absolute atomic E-state index is 5.75. The van der Waals surface area contributed by atoms with Crippen LogP contribution in [-0.4, -0.2) is 9.97 Å². The van der Waals surface area contributed by atoms with Crippen LogP contribution in [0.3, 0.4) is 0 Å². The van der Waals surface area contributed by atoms with Gasteiger partial charge in [0.2, 0.25) is 11.2 Å². The van der Waals surface area contributed by atoms with E-state index >= 15 is 0 Å². The summed E-state index contributed by atoms with van der Waals surface area (Å²) in [5.74, 6) is 1.28. The quantitative estimate of drug-likeness (QED) is 0.758. The van der Waals surface area contributed by atoms with Crippen LogP contribution < -0.4 is 4.74 Å². The molecule has 0 N–H and O–H groups in total. The number of benzene rings is 1. The molecule has 0 fully saturated rings. The minimum Gasteiger partial charge on any atom is -0.438 e. The lowest BCUT2D eigenvalue weighted by Gasteiger charge is -2.10. The fourth-order valence-electron chi connectivity index (χ4n) is 1.53. The molecule has 1 aromatic heterocycles. The number of aryl methyl sites for hydroxylation is 3. The highest BCUT2D eigenvalue weighted by Crippen LogP contribution is 2.26. The highest BCUT2D eigenvalue weighted by Gasteiger charge is 2.07. The number of aromatic nitrogens is 2. The summed E-state index contributed by atoms with van der Waals surface area (Å²) in [6, 6.07) is 5.99. The first-order valence-electron chi connectivity index (χ1n) is 5.30. The first kappa shape index (κ1) is 11.9. The highest BCUT2D eigenvalue weighted by atomic mass is 35.5. The number of nitrogens with zero attached hydrogens (tertiary/aromatic N) is 2. The summed E-state index contributed by atoms with van der Waals surface area (Å²) in [6.07, 6.45) is 1.65. The van der Waals surface area contributed by atoms with Crippen LogP contribution in [0.2, 0.25) is 5.28 Å². The van der Waals surface area contributed by atoms with E-state index in [2.05, 4.69) is 16.0 Å². The molecular formula is C13H13ClN2O. The topological polar surface area (TPSA) is 35.0 Å². The van der Waals surface area contributed by atoms with Crippen LogP contribution >= 0.6 is 11.6 Å². The molecule has 0 unspecified atom stereocenters. The van der Waals surface area contributed by atoms with Crippen LogP contribution in [-0.2, 0) is 0 Å². The van der Waals surface area contributed by atoms with E-state index in [0.717, 1.165) is 16.9 Å². The van der Waals surface area contributed by atoms with Gasteiger partial charge in [0.25, 0.3) is 0 Å². The Balaban J connectivity index is 2.34. The molecule has 2 rings (SSSR count). The number of halogens is 1. The molecule has 0 saturated carbocycles. The molecule has 0 aliphatic rings. The fraction of sp³-hybridized carbons (Fsp3) is 0.231. The van der Waals surface area contributed by atoms with E-state index in [-0.39, 0.29) is 5.28 Å². The van der Waals surface area contributed by atoms with Gasteiger partial charge in [-0.3, -0.25) is 0 Å². The normalized spacial score (nSPS) is 10.4. The summed E-state index contributed by atoms with van der Waals surface area (Å²) in [5, 5.41) is 0.190. The molecule has 3 nitrogen and oxygen atoms in total. The van der Waals surface area contributed by atoms with Crippen molar-refractivity contribution in [3.63, 3.8) is 0 Å². The maximum Gasteiger partial charge on any atom is 0.226 e. The van der Waals surface area contributed by atoms with Gasteiger partial charge in [-0.25, -0.2) is 4.98 Å². The van der Waals surface area contributed by atoms with Gasteiger partial charge in [-0.1, -0.05) is 17.7 Å². The van der Waals surface area contributed by atoms with Gasteiger partial charge in [0.15, 0.2) is 0 Å². The van der Waals surface area contributed by atoms with Crippen LogP contribution in [0.4, 0.5) is 0 Å². The molecule has 0 aliphatic heterocycles. The Hall–Kier alpha value is -1.61. The second-order valence-corrected chi connectivity index (χ2v) is 4.34. The van der Waals surface area contributed by atoms with Gasteiger partial charge in [-0.05, 0) is 44.0 Å². The largest absolute Gasteiger partial charge is 0.438 e. The third-order valence-electron chi connectivity index (χ3n) is 2.43. The molecule has 0 saturated heterocycles. The molecule has 0 aliphatic carbocycles. The molecule has 2 aromatic rings. The van der Waals surface area contributed by atoms with Gasteiger partial charge in [0, 0.05) is 11.8 Å². The van der Waals surface area contributed by atoms with Gasteiger partial charge >= 0.3 is 0 Å². The van der Waals surface area contributed by atoms with E-state index in [4.69, 9.17) is 16.3 Å². The zero-order valence-electron chi connectivity index (χ0n) is 9.99. The zero-order valence-corrected chi connectivity index (χ0v) is 10.7. The zero-order chi connectivity index (χ0) is 12.4. The Morgan fingerprint density at radius 2 is 1.88 bits per heavy atom. The minimum atomic E-state index is 0.190. The summed E-state index contributed by atoms with van der Waals surface area (Å²) in [4.78, 5) is 7.96. The number of ether oxygens (including phenoxy) is 1. The van der Waals surface area contributed by atoms with E-state index < -0.39 is 0 Å². The third kappa shape index (κ3) is 2.74. The van der Waals surface area contributed by atoms with Crippen molar-refractivity contribution in [2.75, 3.05) is 0 Å². The van der Waals surface area contributed by atoms with Crippen molar-refractivity contribution < 1.29 is 4.74 Å². The summed E-state index contributed by atoms with van der Waals surface area (Å²) < 4.78 is 5.74. The first-order chi connectivity index (χ1) is 8.06. The monoisotopic (exact) mass is 248 g/mol. The molecule has 0 atom stereocenters. The Kier molecular flexibility index (Phi) is 3.29. The smallest absolute Gasteiger partial charge is 0.226 e. The molecule has 0 amide bonds. The van der Waals surface area contributed by atoms with Gasteiger partial charge in [0.1, 0.15) is 5.75 Å².